The van der Waals surface area contributed by atoms with Crippen molar-refractivity contribution in [2.75, 3.05) is 46.4 Å². The molecule has 4 heterocycles. The van der Waals surface area contributed by atoms with Gasteiger partial charge in [-0.1, -0.05) is 24.3 Å². The van der Waals surface area contributed by atoms with Crippen molar-refractivity contribution in [2.24, 2.45) is 5.41 Å². The van der Waals surface area contributed by atoms with E-state index < -0.39 is 6.17 Å². The van der Waals surface area contributed by atoms with Crippen LogP contribution in [0.25, 0.3) is 0 Å². The first-order valence-corrected chi connectivity index (χ1v) is 14.5. The van der Waals surface area contributed by atoms with E-state index in [4.69, 9.17) is 14.5 Å². The van der Waals surface area contributed by atoms with E-state index >= 15 is 0 Å². The Labute approximate surface area is 229 Å². The molecule has 0 radical (unpaired) electrons. The van der Waals surface area contributed by atoms with E-state index in [-0.39, 0.29) is 29.0 Å². The van der Waals surface area contributed by atoms with Crippen LogP contribution in [0.15, 0.2) is 24.3 Å². The molecule has 208 valence electrons. The number of rotatable bonds is 4. The van der Waals surface area contributed by atoms with Crippen LogP contribution < -0.4 is 14.8 Å². The topological polar surface area (TPSA) is 79.8 Å². The molecule has 3 atom stereocenters. The Bertz CT molecular complexity index is 1260. The first-order chi connectivity index (χ1) is 18.9. The lowest BCUT2D eigenvalue weighted by atomic mass is 9.69. The van der Waals surface area contributed by atoms with Gasteiger partial charge in [-0.3, -0.25) is 4.90 Å². The number of benzene rings is 1. The number of hydrogen-bond donors (Lipinski definition) is 1. The molecule has 1 amide bonds. The highest BCUT2D eigenvalue weighted by atomic mass is 19.1. The largest absolute Gasteiger partial charge is 0.462 e. The van der Waals surface area contributed by atoms with E-state index in [2.05, 4.69) is 34.6 Å². The monoisotopic (exact) mass is 535 g/mol. The number of halogens is 1. The zero-order valence-corrected chi connectivity index (χ0v) is 22.8. The van der Waals surface area contributed by atoms with Crippen molar-refractivity contribution in [1.82, 2.24) is 25.1 Å². The number of nitrogens with one attached hydrogen (secondary N) is 1. The lowest BCUT2D eigenvalue weighted by molar-refractivity contribution is -0.00826. The van der Waals surface area contributed by atoms with Crippen molar-refractivity contribution in [3.63, 3.8) is 0 Å². The predicted molar refractivity (Wildman–Crippen MR) is 144 cm³/mol. The van der Waals surface area contributed by atoms with Gasteiger partial charge in [-0.05, 0) is 76.2 Å². The minimum Gasteiger partial charge on any atom is -0.462 e. The number of piperidine rings is 1. The quantitative estimate of drug-likeness (QED) is 0.643. The second kappa shape index (κ2) is 9.70. The average molecular weight is 536 g/mol. The molecule has 1 aromatic heterocycles. The Morgan fingerprint density at radius 2 is 1.92 bits per heavy atom. The molecule has 0 saturated carbocycles. The first kappa shape index (κ1) is 25.2. The number of amides is 1. The third kappa shape index (κ3) is 4.57. The second-order valence-electron chi connectivity index (χ2n) is 12.6. The third-order valence-corrected chi connectivity index (χ3v) is 10.1. The molecule has 7 rings (SSSR count). The molecule has 9 heteroatoms. The molecule has 1 aromatic carbocycles. The number of carbonyl (C=O) groups is 1. The fraction of sp³-hybridized carbons (Fsp3) is 0.633. The van der Waals surface area contributed by atoms with E-state index in [1.807, 2.05) is 11.9 Å². The van der Waals surface area contributed by atoms with E-state index in [0.29, 0.717) is 25.5 Å². The summed E-state index contributed by atoms with van der Waals surface area (Å²) >= 11 is 0. The number of aromatic nitrogens is 2. The number of likely N-dealkylation sites (tertiary alicyclic amines) is 2. The highest BCUT2D eigenvalue weighted by Crippen LogP contribution is 2.49. The Morgan fingerprint density at radius 1 is 1.13 bits per heavy atom. The molecule has 2 aliphatic carbocycles. The minimum atomic E-state index is -0.841. The van der Waals surface area contributed by atoms with E-state index in [1.165, 1.54) is 11.1 Å². The highest BCUT2D eigenvalue weighted by Gasteiger charge is 2.47. The smallest absolute Gasteiger partial charge is 0.416 e. The van der Waals surface area contributed by atoms with Crippen molar-refractivity contribution in [3.8, 4) is 11.9 Å². The summed E-state index contributed by atoms with van der Waals surface area (Å²) in [5.41, 5.74) is 4.95. The Kier molecular flexibility index (Phi) is 6.27. The van der Waals surface area contributed by atoms with Crippen molar-refractivity contribution in [2.45, 2.75) is 69.0 Å². The predicted octanol–water partition coefficient (Wildman–Crippen LogP) is 3.45. The lowest BCUT2D eigenvalue weighted by Crippen LogP contribution is -2.62. The molecule has 0 bridgehead atoms. The zero-order valence-electron chi connectivity index (χ0n) is 22.8. The Hall–Kier alpha value is -2.78. The maximum absolute atomic E-state index is 13.9. The molecular formula is C30H38FN5O3. The SMILES string of the molecule is CN1C[C@H](F)C[C@H]1COc1nc2c(c(OC(=O)N3CC4(CCNCC4)C3)n1)CCC1(CCc3ccccc31)C2. The van der Waals surface area contributed by atoms with Crippen molar-refractivity contribution in [1.29, 1.82) is 0 Å². The van der Waals surface area contributed by atoms with Gasteiger partial charge in [0.05, 0.1) is 5.69 Å². The average Bonchev–Trinajstić information content (AvgIpc) is 3.44. The van der Waals surface area contributed by atoms with Gasteiger partial charge in [0.25, 0.3) is 0 Å². The van der Waals surface area contributed by atoms with Gasteiger partial charge in [0.2, 0.25) is 5.88 Å². The van der Waals surface area contributed by atoms with Crippen molar-refractivity contribution < 1.29 is 18.7 Å². The molecular weight excluding hydrogens is 497 g/mol. The summed E-state index contributed by atoms with van der Waals surface area (Å²) in [5, 5.41) is 3.41. The van der Waals surface area contributed by atoms with Crippen LogP contribution in [0.3, 0.4) is 0 Å². The Balaban J connectivity index is 1.14. The summed E-state index contributed by atoms with van der Waals surface area (Å²) in [4.78, 5) is 26.5. The summed E-state index contributed by atoms with van der Waals surface area (Å²) in [6.07, 6.45) is 6.14. The molecule has 39 heavy (non-hydrogen) atoms. The van der Waals surface area contributed by atoms with Crippen LogP contribution in [0.2, 0.25) is 0 Å². The second-order valence-corrected chi connectivity index (χ2v) is 12.6. The van der Waals surface area contributed by atoms with Crippen LogP contribution in [-0.2, 0) is 24.7 Å². The number of fused-ring (bicyclic) bond motifs is 3. The standard InChI is InChI=1S/C30H38FN5O3/c1-35-16-21(31)14-22(35)17-38-27-33-25-15-30(8-6-20-4-2-3-5-24(20)30)9-7-23(25)26(34-27)39-28(37)36-18-29(19-36)10-12-32-13-11-29/h2-5,21-22,32H,6-19H2,1H3/t21-,22+,30?/m1/s1. The van der Waals surface area contributed by atoms with Gasteiger partial charge >= 0.3 is 12.1 Å². The van der Waals surface area contributed by atoms with Crippen LogP contribution in [0, 0.1) is 5.41 Å². The number of carbonyl (C=O) groups excluding carboxylic acids is 1. The summed E-state index contributed by atoms with van der Waals surface area (Å²) in [5.74, 6) is 0.329. The van der Waals surface area contributed by atoms with Crippen LogP contribution in [0.1, 0.15) is 54.5 Å². The molecule has 2 spiro atoms. The lowest BCUT2D eigenvalue weighted by Gasteiger charge is -2.51. The highest BCUT2D eigenvalue weighted by molar-refractivity contribution is 5.72. The van der Waals surface area contributed by atoms with Gasteiger partial charge in [-0.25, -0.2) is 9.18 Å². The number of aryl methyl sites for hydroxylation is 1. The number of ether oxygens (including phenoxy) is 2. The van der Waals surface area contributed by atoms with Crippen molar-refractivity contribution in [3.05, 3.63) is 46.6 Å². The van der Waals surface area contributed by atoms with Gasteiger partial charge < -0.3 is 19.7 Å². The first-order valence-electron chi connectivity index (χ1n) is 14.5. The van der Waals surface area contributed by atoms with Gasteiger partial charge in [0.15, 0.2) is 0 Å². The number of likely N-dealkylation sites (N-methyl/N-ethyl adjacent to an activating group) is 1. The molecule has 1 N–H and O–H groups in total. The number of hydrogen-bond acceptors (Lipinski definition) is 7. The van der Waals surface area contributed by atoms with E-state index in [1.54, 1.807) is 4.90 Å². The number of alkyl halides is 1. The van der Waals surface area contributed by atoms with Gasteiger partial charge in [-0.2, -0.15) is 9.97 Å². The van der Waals surface area contributed by atoms with Gasteiger partial charge in [0, 0.05) is 48.5 Å². The number of nitrogens with zero attached hydrogens (tertiary/aromatic N) is 4. The maximum Gasteiger partial charge on any atom is 0.416 e. The van der Waals surface area contributed by atoms with Gasteiger partial charge in [0.1, 0.15) is 12.8 Å². The molecule has 3 aliphatic heterocycles. The molecule has 2 aromatic rings. The molecule has 5 aliphatic rings. The van der Waals surface area contributed by atoms with Crippen LogP contribution >= 0.6 is 0 Å². The summed E-state index contributed by atoms with van der Waals surface area (Å²) in [7, 11) is 1.91. The minimum absolute atomic E-state index is 0.0269. The molecule has 1 unspecified atom stereocenters. The molecule has 3 fully saturated rings. The zero-order chi connectivity index (χ0) is 26.6. The summed E-state index contributed by atoms with van der Waals surface area (Å²) < 4.78 is 26.0. The van der Waals surface area contributed by atoms with Crippen molar-refractivity contribution >= 4 is 6.09 Å². The summed E-state index contributed by atoms with van der Waals surface area (Å²) in [6.45, 7) is 4.21. The van der Waals surface area contributed by atoms with Crippen LogP contribution in [-0.4, -0.2) is 84.5 Å². The fourth-order valence-electron chi connectivity index (χ4n) is 7.70. The fourth-order valence-corrected chi connectivity index (χ4v) is 7.70. The molecule has 3 saturated heterocycles. The van der Waals surface area contributed by atoms with E-state index in [0.717, 1.165) is 82.4 Å². The van der Waals surface area contributed by atoms with Crippen LogP contribution in [0.5, 0.6) is 11.9 Å². The third-order valence-electron chi connectivity index (χ3n) is 10.1. The summed E-state index contributed by atoms with van der Waals surface area (Å²) in [6, 6.07) is 8.93. The molecule has 8 nitrogen and oxygen atoms in total. The normalized spacial score (nSPS) is 29.2. The van der Waals surface area contributed by atoms with Crippen LogP contribution in [0.4, 0.5) is 9.18 Å². The maximum atomic E-state index is 13.9. The van der Waals surface area contributed by atoms with Gasteiger partial charge in [-0.15, -0.1) is 0 Å². The Morgan fingerprint density at radius 3 is 2.72 bits per heavy atom. The van der Waals surface area contributed by atoms with E-state index in [9.17, 15) is 9.18 Å².